The minimum atomic E-state index is -0.609. The molecule has 2 fully saturated rings. The van der Waals surface area contributed by atoms with Gasteiger partial charge in [-0.05, 0) is 22.7 Å². The third-order valence-electron chi connectivity index (χ3n) is 5.32. The summed E-state index contributed by atoms with van der Waals surface area (Å²) in [6, 6.07) is 6.60. The molecule has 3 aliphatic rings. The van der Waals surface area contributed by atoms with Gasteiger partial charge in [-0.2, -0.15) is 0 Å². The van der Waals surface area contributed by atoms with Crippen LogP contribution in [0.4, 0.5) is 4.79 Å². The predicted octanol–water partition coefficient (Wildman–Crippen LogP) is 0.888. The van der Waals surface area contributed by atoms with Gasteiger partial charge in [0.1, 0.15) is 13.1 Å². The maximum absolute atomic E-state index is 13.0. The summed E-state index contributed by atoms with van der Waals surface area (Å²) in [6.45, 7) is 4.07. The second-order valence-electron chi connectivity index (χ2n) is 7.17. The van der Waals surface area contributed by atoms with E-state index in [1.54, 1.807) is 7.05 Å². The maximum atomic E-state index is 13.0. The minimum absolute atomic E-state index is 0.263. The number of amides is 3. The zero-order chi connectivity index (χ0) is 19.8. The van der Waals surface area contributed by atoms with Crippen molar-refractivity contribution in [3.8, 4) is 0 Å². The van der Waals surface area contributed by atoms with Crippen LogP contribution in [0, 0.1) is 0 Å². The van der Waals surface area contributed by atoms with Gasteiger partial charge in [-0.3, -0.25) is 19.5 Å². The van der Waals surface area contributed by atoms with Crippen molar-refractivity contribution >= 4 is 35.2 Å². The number of benzene rings is 1. The lowest BCUT2D eigenvalue weighted by Crippen LogP contribution is -2.61. The molecule has 0 bridgehead atoms. The molecule has 9 heteroatoms. The summed E-state index contributed by atoms with van der Waals surface area (Å²) in [5.41, 5.74) is 0.985. The van der Waals surface area contributed by atoms with Gasteiger partial charge in [-0.1, -0.05) is 23.7 Å². The van der Waals surface area contributed by atoms with Crippen LogP contribution in [-0.4, -0.2) is 95.9 Å². The quantitative estimate of drug-likeness (QED) is 0.699. The first kappa shape index (κ1) is 19.0. The average molecular weight is 405 g/mol. The van der Waals surface area contributed by atoms with Crippen LogP contribution >= 0.6 is 11.6 Å². The van der Waals surface area contributed by atoms with E-state index in [0.29, 0.717) is 37.2 Å². The van der Waals surface area contributed by atoms with Gasteiger partial charge in [0, 0.05) is 32.2 Å². The molecule has 2 saturated heterocycles. The molecule has 3 heterocycles. The Morgan fingerprint density at radius 3 is 2.68 bits per heavy atom. The molecular weight excluding hydrogens is 382 g/mol. The van der Waals surface area contributed by atoms with E-state index in [9.17, 15) is 9.59 Å². The molecule has 8 nitrogen and oxygen atoms in total. The van der Waals surface area contributed by atoms with Crippen molar-refractivity contribution in [3.63, 3.8) is 0 Å². The van der Waals surface area contributed by atoms with Crippen LogP contribution in [-0.2, 0) is 16.1 Å². The summed E-state index contributed by atoms with van der Waals surface area (Å²) in [5.74, 6) is 1.00. The molecule has 0 N–H and O–H groups in total. The fourth-order valence-electron chi connectivity index (χ4n) is 3.75. The summed E-state index contributed by atoms with van der Waals surface area (Å²) < 4.78 is 7.41. The topological polar surface area (TPSA) is 68.5 Å². The summed E-state index contributed by atoms with van der Waals surface area (Å²) >= 11 is 6.15. The Morgan fingerprint density at radius 2 is 1.96 bits per heavy atom. The second-order valence-corrected chi connectivity index (χ2v) is 7.61. The van der Waals surface area contributed by atoms with Gasteiger partial charge >= 0.3 is 11.9 Å². The van der Waals surface area contributed by atoms with E-state index >= 15 is 0 Å². The summed E-state index contributed by atoms with van der Waals surface area (Å²) in [5, 5.41) is 0.645. The van der Waals surface area contributed by atoms with Gasteiger partial charge in [0.2, 0.25) is 0 Å². The molecule has 0 aromatic heterocycles. The molecule has 1 unspecified atom stereocenters. The SMILES string of the molecule is CN1C(=O)C2C(=NC(CN3CCOCC3)=[N+]2Cc2cccc(Cl)c2)N(C)C1=O. The number of carbonyl (C=O) groups is 2. The Labute approximate surface area is 168 Å². The van der Waals surface area contributed by atoms with Crippen LogP contribution < -0.4 is 0 Å². The monoisotopic (exact) mass is 404 g/mol. The number of ether oxygens (including phenoxy) is 1. The molecule has 148 valence electrons. The van der Waals surface area contributed by atoms with Gasteiger partial charge in [-0.25, -0.2) is 9.37 Å². The maximum Gasteiger partial charge on any atom is 0.333 e. The highest BCUT2D eigenvalue weighted by atomic mass is 35.5. The van der Waals surface area contributed by atoms with Crippen LogP contribution in [0.15, 0.2) is 29.3 Å². The highest BCUT2D eigenvalue weighted by molar-refractivity contribution is 6.30. The Balaban J connectivity index is 1.70. The molecule has 1 atom stereocenters. The third-order valence-corrected chi connectivity index (χ3v) is 5.56. The Morgan fingerprint density at radius 1 is 1.21 bits per heavy atom. The Bertz CT molecular complexity index is 878. The number of hydrogen-bond acceptors (Lipinski definition) is 5. The van der Waals surface area contributed by atoms with E-state index in [-0.39, 0.29) is 11.9 Å². The highest BCUT2D eigenvalue weighted by Gasteiger charge is 2.53. The molecule has 0 radical (unpaired) electrons. The summed E-state index contributed by atoms with van der Waals surface area (Å²) in [6.07, 6.45) is 0. The lowest BCUT2D eigenvalue weighted by molar-refractivity contribution is -0.552. The van der Waals surface area contributed by atoms with Crippen LogP contribution in [0.2, 0.25) is 5.02 Å². The minimum Gasteiger partial charge on any atom is -0.379 e. The first-order valence-electron chi connectivity index (χ1n) is 9.26. The van der Waals surface area contributed by atoms with Crippen molar-refractivity contribution in [2.24, 2.45) is 4.99 Å². The number of nitrogens with zero attached hydrogens (tertiary/aromatic N) is 5. The summed E-state index contributed by atoms with van der Waals surface area (Å²) in [7, 11) is 3.17. The normalized spacial score (nSPS) is 23.4. The number of halogens is 1. The Kier molecular flexibility index (Phi) is 5.18. The molecule has 0 aliphatic carbocycles. The predicted molar refractivity (Wildman–Crippen MR) is 105 cm³/mol. The zero-order valence-corrected chi connectivity index (χ0v) is 16.7. The lowest BCUT2D eigenvalue weighted by Gasteiger charge is -2.30. The molecule has 0 spiro atoms. The van der Waals surface area contributed by atoms with Crippen molar-refractivity contribution in [2.75, 3.05) is 46.9 Å². The van der Waals surface area contributed by atoms with Gasteiger partial charge in [-0.15, -0.1) is 0 Å². The average Bonchev–Trinajstić information content (AvgIpc) is 3.03. The van der Waals surface area contributed by atoms with E-state index in [4.69, 9.17) is 21.3 Å². The fraction of sp³-hybridized carbons (Fsp3) is 0.474. The van der Waals surface area contributed by atoms with Gasteiger partial charge in [0.05, 0.1) is 13.2 Å². The first-order chi connectivity index (χ1) is 13.5. The number of imide groups is 1. The molecule has 0 saturated carbocycles. The van der Waals surface area contributed by atoms with E-state index in [0.717, 1.165) is 29.4 Å². The van der Waals surface area contributed by atoms with Crippen molar-refractivity contribution in [2.45, 2.75) is 12.6 Å². The number of rotatable bonds is 4. The van der Waals surface area contributed by atoms with Crippen LogP contribution in [0.3, 0.4) is 0 Å². The smallest absolute Gasteiger partial charge is 0.333 e. The third kappa shape index (κ3) is 3.43. The number of carbonyl (C=O) groups excluding carboxylic acids is 2. The van der Waals surface area contributed by atoms with Crippen LogP contribution in [0.25, 0.3) is 0 Å². The summed E-state index contributed by atoms with van der Waals surface area (Å²) in [4.78, 5) is 34.9. The second kappa shape index (κ2) is 7.62. The molecule has 1 aromatic rings. The Hall–Kier alpha value is -2.29. The lowest BCUT2D eigenvalue weighted by atomic mass is 10.1. The van der Waals surface area contributed by atoms with Gasteiger partial charge in [0.25, 0.3) is 17.8 Å². The van der Waals surface area contributed by atoms with E-state index in [2.05, 4.69) is 4.90 Å². The number of morpholine rings is 1. The van der Waals surface area contributed by atoms with Crippen molar-refractivity contribution < 1.29 is 18.9 Å². The largest absolute Gasteiger partial charge is 0.379 e. The molecule has 1 aromatic carbocycles. The number of likely N-dealkylation sites (N-methyl/N-ethyl adjacent to an activating group) is 2. The molecule has 3 aliphatic heterocycles. The van der Waals surface area contributed by atoms with Gasteiger partial charge < -0.3 is 4.74 Å². The van der Waals surface area contributed by atoms with E-state index in [1.165, 1.54) is 11.9 Å². The van der Waals surface area contributed by atoms with E-state index < -0.39 is 6.04 Å². The molecule has 28 heavy (non-hydrogen) atoms. The first-order valence-corrected chi connectivity index (χ1v) is 9.64. The van der Waals surface area contributed by atoms with Crippen molar-refractivity contribution in [3.05, 3.63) is 34.9 Å². The van der Waals surface area contributed by atoms with Crippen molar-refractivity contribution in [1.29, 1.82) is 0 Å². The van der Waals surface area contributed by atoms with Crippen molar-refractivity contribution in [1.82, 2.24) is 14.7 Å². The number of aliphatic imine (C=N–C) groups is 1. The van der Waals surface area contributed by atoms with Crippen LogP contribution in [0.5, 0.6) is 0 Å². The number of hydrogen-bond donors (Lipinski definition) is 0. The zero-order valence-electron chi connectivity index (χ0n) is 16.0. The number of amidine groups is 2. The fourth-order valence-corrected chi connectivity index (χ4v) is 3.96. The number of urea groups is 1. The van der Waals surface area contributed by atoms with E-state index in [1.807, 2.05) is 28.8 Å². The molecule has 3 amide bonds. The molecule has 4 rings (SSSR count). The number of fused-ring (bicyclic) bond motifs is 1. The van der Waals surface area contributed by atoms with Gasteiger partial charge in [0.15, 0.2) is 0 Å². The highest BCUT2D eigenvalue weighted by Crippen LogP contribution is 2.22. The van der Waals surface area contributed by atoms with Crippen LogP contribution in [0.1, 0.15) is 5.56 Å². The molecular formula is C19H23ClN5O3+. The standard InChI is InChI=1S/C19H23ClN5O3/c1-22-17-16(18(26)23(2)19(22)27)25(11-13-4-3-5-14(20)10-13)15(21-17)12-24-6-8-28-9-7-24/h3-5,10,16H,6-9,11-12H2,1-2H3/q+1.